The van der Waals surface area contributed by atoms with Crippen LogP contribution in [0.3, 0.4) is 0 Å². The van der Waals surface area contributed by atoms with Crippen molar-refractivity contribution in [2.24, 2.45) is 0 Å². The van der Waals surface area contributed by atoms with Crippen molar-refractivity contribution in [1.29, 1.82) is 0 Å². The lowest BCUT2D eigenvalue weighted by Gasteiger charge is -2.16. The zero-order chi connectivity index (χ0) is 12.7. The summed E-state index contributed by atoms with van der Waals surface area (Å²) in [4.78, 5) is 6.73. The van der Waals surface area contributed by atoms with E-state index in [9.17, 15) is 0 Å². The van der Waals surface area contributed by atoms with Gasteiger partial charge in [0, 0.05) is 19.1 Å². The number of nitrogens with zero attached hydrogens (tertiary/aromatic N) is 3. The van der Waals surface area contributed by atoms with Gasteiger partial charge in [0.05, 0.1) is 10.5 Å². The number of para-hydroxylation sites is 1. The van der Waals surface area contributed by atoms with Gasteiger partial charge < -0.3 is 15.2 Å². The molecule has 1 aliphatic carbocycles. The molecule has 5 heteroatoms. The van der Waals surface area contributed by atoms with Gasteiger partial charge in [-0.3, -0.25) is 0 Å². The Balaban J connectivity index is 1.86. The molecule has 1 saturated carbocycles. The van der Waals surface area contributed by atoms with Crippen molar-refractivity contribution in [3.63, 3.8) is 0 Å². The Morgan fingerprint density at radius 2 is 2.28 bits per heavy atom. The number of rotatable bonds is 4. The first-order valence-electron chi connectivity index (χ1n) is 6.27. The quantitative estimate of drug-likeness (QED) is 0.922. The molecule has 0 unspecified atom stereocenters. The lowest BCUT2D eigenvalue weighted by Crippen LogP contribution is -2.25. The molecule has 0 aliphatic heterocycles. The number of nitrogen functional groups attached to an aromatic ring is 1. The van der Waals surface area contributed by atoms with E-state index in [0.717, 1.165) is 30.2 Å². The monoisotopic (exact) mass is 264 g/mol. The molecule has 1 fully saturated rings. The van der Waals surface area contributed by atoms with Crippen LogP contribution in [-0.4, -0.2) is 34.1 Å². The van der Waals surface area contributed by atoms with E-state index in [-0.39, 0.29) is 0 Å². The van der Waals surface area contributed by atoms with Crippen molar-refractivity contribution in [1.82, 2.24) is 14.5 Å². The van der Waals surface area contributed by atoms with E-state index >= 15 is 0 Å². The Kier molecular flexibility index (Phi) is 2.92. The Hall–Kier alpha value is -1.26. The molecule has 0 radical (unpaired) electrons. The lowest BCUT2D eigenvalue weighted by atomic mass is 10.3. The molecule has 0 amide bonds. The van der Waals surface area contributed by atoms with E-state index in [1.807, 2.05) is 22.8 Å². The molecule has 1 aliphatic rings. The number of benzene rings is 1. The van der Waals surface area contributed by atoms with Crippen LogP contribution in [0, 0.1) is 0 Å². The number of imidazole rings is 1. The van der Waals surface area contributed by atoms with Crippen LogP contribution in [0.4, 0.5) is 5.95 Å². The van der Waals surface area contributed by atoms with Gasteiger partial charge in [-0.1, -0.05) is 17.7 Å². The zero-order valence-electron chi connectivity index (χ0n) is 10.4. The molecule has 3 rings (SSSR count). The summed E-state index contributed by atoms with van der Waals surface area (Å²) in [6.45, 7) is 1.85. The summed E-state index contributed by atoms with van der Waals surface area (Å²) < 4.78 is 2.04. The highest BCUT2D eigenvalue weighted by Gasteiger charge is 2.25. The first-order chi connectivity index (χ1) is 8.66. The lowest BCUT2D eigenvalue weighted by molar-refractivity contribution is 0.311. The van der Waals surface area contributed by atoms with Crippen LogP contribution in [-0.2, 0) is 6.54 Å². The highest BCUT2D eigenvalue weighted by atomic mass is 35.5. The molecule has 2 N–H and O–H groups in total. The molecule has 0 bridgehead atoms. The summed E-state index contributed by atoms with van der Waals surface area (Å²) in [5.74, 6) is 0.544. The standard InChI is InChI=1S/C13H17ClN4/c1-17(9-5-6-9)7-8-18-11-4-2-3-10(14)12(11)16-13(18)15/h2-4,9H,5-8H2,1H3,(H2,15,16). The number of fused-ring (bicyclic) bond motifs is 1. The summed E-state index contributed by atoms with van der Waals surface area (Å²) in [6.07, 6.45) is 2.64. The molecule has 1 aromatic carbocycles. The van der Waals surface area contributed by atoms with Gasteiger partial charge in [0.1, 0.15) is 5.52 Å². The second-order valence-corrected chi connectivity index (χ2v) is 5.35. The van der Waals surface area contributed by atoms with Gasteiger partial charge in [0.25, 0.3) is 0 Å². The van der Waals surface area contributed by atoms with E-state index in [0.29, 0.717) is 11.0 Å². The molecule has 1 heterocycles. The summed E-state index contributed by atoms with van der Waals surface area (Å²) in [6, 6.07) is 6.57. The molecule has 1 aromatic heterocycles. The van der Waals surface area contributed by atoms with E-state index in [1.54, 1.807) is 0 Å². The number of hydrogen-bond acceptors (Lipinski definition) is 3. The number of likely N-dealkylation sites (N-methyl/N-ethyl adjacent to an activating group) is 1. The number of nitrogens with two attached hydrogens (primary N) is 1. The zero-order valence-corrected chi connectivity index (χ0v) is 11.2. The SMILES string of the molecule is CN(CCn1c(N)nc2c(Cl)cccc21)C1CC1. The molecular formula is C13H17ClN4. The smallest absolute Gasteiger partial charge is 0.201 e. The largest absolute Gasteiger partial charge is 0.369 e. The average Bonchev–Trinajstić information content (AvgIpc) is 3.13. The van der Waals surface area contributed by atoms with Crippen LogP contribution >= 0.6 is 11.6 Å². The predicted octanol–water partition coefficient (Wildman–Crippen LogP) is 2.37. The number of anilines is 1. The van der Waals surface area contributed by atoms with E-state index < -0.39 is 0 Å². The van der Waals surface area contributed by atoms with Crippen LogP contribution in [0.1, 0.15) is 12.8 Å². The molecule has 96 valence electrons. The van der Waals surface area contributed by atoms with Gasteiger partial charge in [-0.05, 0) is 32.0 Å². The summed E-state index contributed by atoms with van der Waals surface area (Å²) >= 11 is 6.12. The Bertz CT molecular complexity index is 574. The topological polar surface area (TPSA) is 47.1 Å². The van der Waals surface area contributed by atoms with Crippen LogP contribution in [0.25, 0.3) is 11.0 Å². The molecule has 0 atom stereocenters. The highest BCUT2D eigenvalue weighted by molar-refractivity contribution is 6.35. The van der Waals surface area contributed by atoms with E-state index in [2.05, 4.69) is 16.9 Å². The molecule has 4 nitrogen and oxygen atoms in total. The minimum absolute atomic E-state index is 0.544. The van der Waals surface area contributed by atoms with Crippen molar-refractivity contribution in [2.75, 3.05) is 19.3 Å². The maximum absolute atomic E-state index is 6.12. The highest BCUT2D eigenvalue weighted by Crippen LogP contribution is 2.27. The van der Waals surface area contributed by atoms with Crippen LogP contribution in [0.2, 0.25) is 5.02 Å². The average molecular weight is 265 g/mol. The van der Waals surface area contributed by atoms with Gasteiger partial charge in [0.2, 0.25) is 5.95 Å². The van der Waals surface area contributed by atoms with Crippen LogP contribution in [0.15, 0.2) is 18.2 Å². The number of halogens is 1. The third kappa shape index (κ3) is 2.06. The number of hydrogen-bond donors (Lipinski definition) is 1. The van der Waals surface area contributed by atoms with Crippen LogP contribution < -0.4 is 5.73 Å². The minimum Gasteiger partial charge on any atom is -0.369 e. The maximum atomic E-state index is 6.12. The second-order valence-electron chi connectivity index (χ2n) is 4.94. The van der Waals surface area contributed by atoms with Crippen molar-refractivity contribution in [3.05, 3.63) is 23.2 Å². The van der Waals surface area contributed by atoms with Crippen molar-refractivity contribution < 1.29 is 0 Å². The Morgan fingerprint density at radius 3 is 3.00 bits per heavy atom. The van der Waals surface area contributed by atoms with Crippen molar-refractivity contribution >= 4 is 28.6 Å². The number of aromatic nitrogens is 2. The molecule has 2 aromatic rings. The summed E-state index contributed by atoms with van der Waals surface area (Å²) in [7, 11) is 2.17. The molecule has 0 saturated heterocycles. The second kappa shape index (κ2) is 4.44. The van der Waals surface area contributed by atoms with E-state index in [4.69, 9.17) is 17.3 Å². The fourth-order valence-electron chi connectivity index (χ4n) is 2.32. The fraction of sp³-hybridized carbons (Fsp3) is 0.462. The maximum Gasteiger partial charge on any atom is 0.201 e. The third-order valence-corrected chi connectivity index (χ3v) is 3.91. The van der Waals surface area contributed by atoms with Crippen molar-refractivity contribution in [2.45, 2.75) is 25.4 Å². The predicted molar refractivity (Wildman–Crippen MR) is 74.8 cm³/mol. The Morgan fingerprint density at radius 1 is 1.50 bits per heavy atom. The molecule has 0 spiro atoms. The first-order valence-corrected chi connectivity index (χ1v) is 6.65. The molecule has 18 heavy (non-hydrogen) atoms. The Labute approximate surface area is 111 Å². The van der Waals surface area contributed by atoms with Gasteiger partial charge in [-0.2, -0.15) is 0 Å². The van der Waals surface area contributed by atoms with Gasteiger partial charge >= 0.3 is 0 Å². The minimum atomic E-state index is 0.544. The van der Waals surface area contributed by atoms with Gasteiger partial charge in [-0.15, -0.1) is 0 Å². The van der Waals surface area contributed by atoms with Gasteiger partial charge in [0.15, 0.2) is 0 Å². The van der Waals surface area contributed by atoms with Gasteiger partial charge in [-0.25, -0.2) is 4.98 Å². The summed E-state index contributed by atoms with van der Waals surface area (Å²) in [5, 5.41) is 0.661. The normalized spacial score (nSPS) is 15.7. The third-order valence-electron chi connectivity index (χ3n) is 3.61. The van der Waals surface area contributed by atoms with Crippen molar-refractivity contribution in [3.8, 4) is 0 Å². The summed E-state index contributed by atoms with van der Waals surface area (Å²) in [5.41, 5.74) is 7.79. The van der Waals surface area contributed by atoms with Crippen LogP contribution in [0.5, 0.6) is 0 Å². The first kappa shape index (κ1) is 11.8. The van der Waals surface area contributed by atoms with E-state index in [1.165, 1.54) is 12.8 Å². The molecular weight excluding hydrogens is 248 g/mol. The fourth-order valence-corrected chi connectivity index (χ4v) is 2.53.